The lowest BCUT2D eigenvalue weighted by Crippen LogP contribution is -2.12. The Hall–Kier alpha value is -2.53. The Morgan fingerprint density at radius 3 is 2.42 bits per heavy atom. The van der Waals surface area contributed by atoms with Crippen molar-refractivity contribution in [1.29, 1.82) is 0 Å². The van der Waals surface area contributed by atoms with Crippen molar-refractivity contribution in [2.45, 2.75) is 20.5 Å². The molecule has 0 aliphatic heterocycles. The molecule has 0 saturated heterocycles. The molecule has 0 unspecified atom stereocenters. The number of benzene rings is 2. The van der Waals surface area contributed by atoms with Crippen molar-refractivity contribution >= 4 is 11.6 Å². The van der Waals surface area contributed by atoms with Crippen molar-refractivity contribution in [3.05, 3.63) is 53.6 Å². The minimum Gasteiger partial charge on any atom is -0.497 e. The predicted molar refractivity (Wildman–Crippen MR) is 93.9 cm³/mol. The first-order valence-corrected chi connectivity index (χ1v) is 7.96. The van der Waals surface area contributed by atoms with E-state index in [0.29, 0.717) is 31.1 Å². The average molecular weight is 329 g/mol. The Morgan fingerprint density at radius 2 is 1.79 bits per heavy atom. The normalized spacial score (nSPS) is 10.3. The molecular weight excluding hydrogens is 306 g/mol. The number of rotatable bonds is 8. The molecule has 0 aliphatic carbocycles. The van der Waals surface area contributed by atoms with Crippen LogP contribution >= 0.6 is 0 Å². The minimum atomic E-state index is -0.180. The van der Waals surface area contributed by atoms with Crippen LogP contribution < -0.4 is 14.8 Å². The first-order chi connectivity index (χ1) is 11.7. The molecular formula is C19H23NO4. The van der Waals surface area contributed by atoms with E-state index in [0.717, 1.165) is 17.1 Å². The van der Waals surface area contributed by atoms with E-state index in [1.54, 1.807) is 49.6 Å². The number of methoxy groups -OCH3 is 1. The number of nitrogens with one attached hydrogen (secondary N) is 1. The first-order valence-electron chi connectivity index (χ1n) is 7.96. The minimum absolute atomic E-state index is 0.180. The van der Waals surface area contributed by atoms with E-state index >= 15 is 0 Å². The van der Waals surface area contributed by atoms with Crippen LogP contribution in [-0.2, 0) is 11.3 Å². The van der Waals surface area contributed by atoms with Crippen LogP contribution in [0.15, 0.2) is 42.5 Å². The van der Waals surface area contributed by atoms with Gasteiger partial charge in [0, 0.05) is 23.4 Å². The molecule has 2 aromatic rings. The Bertz CT molecular complexity index is 668. The molecule has 2 rings (SSSR count). The summed E-state index contributed by atoms with van der Waals surface area (Å²) in [5.74, 6) is 1.31. The maximum Gasteiger partial charge on any atom is 0.255 e. The monoisotopic (exact) mass is 329 g/mol. The van der Waals surface area contributed by atoms with Crippen molar-refractivity contribution in [3.8, 4) is 11.5 Å². The summed E-state index contributed by atoms with van der Waals surface area (Å²) in [5.41, 5.74) is 2.13. The second-order valence-corrected chi connectivity index (χ2v) is 5.08. The summed E-state index contributed by atoms with van der Waals surface area (Å²) in [4.78, 5) is 12.4. The molecule has 0 bridgehead atoms. The molecule has 0 aromatic heterocycles. The molecule has 1 N–H and O–H groups in total. The van der Waals surface area contributed by atoms with Crippen molar-refractivity contribution < 1.29 is 19.0 Å². The van der Waals surface area contributed by atoms with Gasteiger partial charge in [0.25, 0.3) is 5.91 Å². The summed E-state index contributed by atoms with van der Waals surface area (Å²) in [6, 6.07) is 12.6. The molecule has 2 aromatic carbocycles. The van der Waals surface area contributed by atoms with E-state index in [4.69, 9.17) is 14.2 Å². The number of hydrogen-bond donors (Lipinski definition) is 1. The molecule has 5 nitrogen and oxygen atoms in total. The highest BCUT2D eigenvalue weighted by molar-refractivity contribution is 6.04. The molecule has 0 heterocycles. The van der Waals surface area contributed by atoms with Gasteiger partial charge < -0.3 is 19.5 Å². The van der Waals surface area contributed by atoms with Gasteiger partial charge in [-0.15, -0.1) is 0 Å². The van der Waals surface area contributed by atoms with E-state index < -0.39 is 0 Å². The molecule has 128 valence electrons. The van der Waals surface area contributed by atoms with Gasteiger partial charge in [-0.2, -0.15) is 0 Å². The third kappa shape index (κ3) is 4.73. The van der Waals surface area contributed by atoms with E-state index in [-0.39, 0.29) is 5.91 Å². The van der Waals surface area contributed by atoms with Crippen LogP contribution in [0, 0.1) is 0 Å². The number of carbonyl (C=O) groups excluding carboxylic acids is 1. The second-order valence-electron chi connectivity index (χ2n) is 5.08. The standard InChI is InChI=1S/C19H23NO4/c1-4-23-13-15-12-14(6-11-18(15)24-5-2)19(21)20-16-7-9-17(22-3)10-8-16/h6-12H,4-5,13H2,1-3H3,(H,20,21). The molecule has 5 heteroatoms. The molecule has 0 fully saturated rings. The maximum absolute atomic E-state index is 12.4. The Labute approximate surface area is 142 Å². The van der Waals surface area contributed by atoms with Gasteiger partial charge in [0.15, 0.2) is 0 Å². The Balaban J connectivity index is 2.15. The van der Waals surface area contributed by atoms with E-state index in [2.05, 4.69) is 5.32 Å². The smallest absolute Gasteiger partial charge is 0.255 e. The number of carbonyl (C=O) groups is 1. The second kappa shape index (κ2) is 8.93. The van der Waals surface area contributed by atoms with Gasteiger partial charge >= 0.3 is 0 Å². The summed E-state index contributed by atoms with van der Waals surface area (Å²) >= 11 is 0. The van der Waals surface area contributed by atoms with Crippen LogP contribution in [0.3, 0.4) is 0 Å². The lowest BCUT2D eigenvalue weighted by Gasteiger charge is -2.12. The predicted octanol–water partition coefficient (Wildman–Crippen LogP) is 3.88. The van der Waals surface area contributed by atoms with Gasteiger partial charge in [-0.25, -0.2) is 0 Å². The molecule has 0 aliphatic rings. The zero-order chi connectivity index (χ0) is 17.4. The lowest BCUT2D eigenvalue weighted by atomic mass is 10.1. The highest BCUT2D eigenvalue weighted by atomic mass is 16.5. The molecule has 24 heavy (non-hydrogen) atoms. The van der Waals surface area contributed by atoms with Gasteiger partial charge in [-0.3, -0.25) is 4.79 Å². The van der Waals surface area contributed by atoms with Crippen LogP contribution in [0.5, 0.6) is 11.5 Å². The van der Waals surface area contributed by atoms with Crippen LogP contribution in [0.4, 0.5) is 5.69 Å². The van der Waals surface area contributed by atoms with E-state index in [1.807, 2.05) is 13.8 Å². The van der Waals surface area contributed by atoms with Gasteiger partial charge in [0.05, 0.1) is 20.3 Å². The van der Waals surface area contributed by atoms with Crippen LogP contribution in [0.1, 0.15) is 29.8 Å². The third-order valence-corrected chi connectivity index (χ3v) is 3.43. The molecule has 0 radical (unpaired) electrons. The van der Waals surface area contributed by atoms with Crippen molar-refractivity contribution in [1.82, 2.24) is 0 Å². The van der Waals surface area contributed by atoms with E-state index in [9.17, 15) is 4.79 Å². The Kier molecular flexibility index (Phi) is 6.63. The van der Waals surface area contributed by atoms with Crippen molar-refractivity contribution in [3.63, 3.8) is 0 Å². The summed E-state index contributed by atoms with van der Waals surface area (Å²) in [7, 11) is 1.60. The molecule has 0 saturated carbocycles. The summed E-state index contributed by atoms with van der Waals surface area (Å²) in [5, 5.41) is 2.87. The van der Waals surface area contributed by atoms with Gasteiger partial charge in [0.1, 0.15) is 11.5 Å². The van der Waals surface area contributed by atoms with Gasteiger partial charge in [0.2, 0.25) is 0 Å². The zero-order valence-electron chi connectivity index (χ0n) is 14.3. The SMILES string of the molecule is CCOCc1cc(C(=O)Nc2ccc(OC)cc2)ccc1OCC. The van der Waals surface area contributed by atoms with Gasteiger partial charge in [-0.05, 0) is 56.3 Å². The summed E-state index contributed by atoms with van der Waals surface area (Å²) < 4.78 is 16.2. The van der Waals surface area contributed by atoms with Crippen molar-refractivity contribution in [2.75, 3.05) is 25.6 Å². The number of hydrogen-bond acceptors (Lipinski definition) is 4. The maximum atomic E-state index is 12.4. The fourth-order valence-electron chi connectivity index (χ4n) is 2.22. The highest BCUT2D eigenvalue weighted by Crippen LogP contribution is 2.22. The summed E-state index contributed by atoms with van der Waals surface area (Å²) in [6.07, 6.45) is 0. The highest BCUT2D eigenvalue weighted by Gasteiger charge is 2.11. The van der Waals surface area contributed by atoms with Crippen LogP contribution in [-0.4, -0.2) is 26.2 Å². The quantitative estimate of drug-likeness (QED) is 0.798. The topological polar surface area (TPSA) is 56.8 Å². The third-order valence-electron chi connectivity index (χ3n) is 3.43. The molecule has 0 atom stereocenters. The van der Waals surface area contributed by atoms with Crippen molar-refractivity contribution in [2.24, 2.45) is 0 Å². The molecule has 1 amide bonds. The Morgan fingerprint density at radius 1 is 1.04 bits per heavy atom. The van der Waals surface area contributed by atoms with Gasteiger partial charge in [-0.1, -0.05) is 0 Å². The first kappa shape index (κ1) is 17.8. The largest absolute Gasteiger partial charge is 0.497 e. The summed E-state index contributed by atoms with van der Waals surface area (Å²) in [6.45, 7) is 5.44. The van der Waals surface area contributed by atoms with Crippen LogP contribution in [0.25, 0.3) is 0 Å². The van der Waals surface area contributed by atoms with E-state index in [1.165, 1.54) is 0 Å². The lowest BCUT2D eigenvalue weighted by molar-refractivity contribution is 0.102. The van der Waals surface area contributed by atoms with Crippen LogP contribution in [0.2, 0.25) is 0 Å². The number of anilines is 1. The fourth-order valence-corrected chi connectivity index (χ4v) is 2.22. The average Bonchev–Trinajstić information content (AvgIpc) is 2.61. The molecule has 0 spiro atoms. The number of amides is 1. The number of ether oxygens (including phenoxy) is 3. The fraction of sp³-hybridized carbons (Fsp3) is 0.316. The zero-order valence-corrected chi connectivity index (χ0v) is 14.3.